The van der Waals surface area contributed by atoms with E-state index >= 15 is 0 Å². The molecule has 0 aromatic heterocycles. The Morgan fingerprint density at radius 1 is 1.07 bits per heavy atom. The molecule has 0 saturated carbocycles. The Morgan fingerprint density at radius 3 is 2.32 bits per heavy atom. The van der Waals surface area contributed by atoms with E-state index in [1.54, 1.807) is 0 Å². The fraction of sp³-hybridized carbons (Fsp3) is 0.368. The number of nitrogens with one attached hydrogen (secondary N) is 1. The number of benzene rings is 2. The highest BCUT2D eigenvalue weighted by Crippen LogP contribution is 2.35. The van der Waals surface area contributed by atoms with Crippen molar-refractivity contribution in [3.63, 3.8) is 0 Å². The number of hydrogen-bond donors (Lipinski definition) is 1. The van der Waals surface area contributed by atoms with Gasteiger partial charge in [0.15, 0.2) is 0 Å². The zero-order valence-corrected chi connectivity index (χ0v) is 15.0. The summed E-state index contributed by atoms with van der Waals surface area (Å²) in [6, 6.07) is 10.2. The number of nitro groups is 1. The van der Waals surface area contributed by atoms with Gasteiger partial charge in [-0.15, -0.1) is 0 Å². The molecular formula is C19H20F3N3O3. The van der Waals surface area contributed by atoms with Gasteiger partial charge >= 0.3 is 6.18 Å². The van der Waals surface area contributed by atoms with Gasteiger partial charge < -0.3 is 10.1 Å². The number of rotatable bonds is 6. The molecule has 0 radical (unpaired) electrons. The third-order valence-corrected chi connectivity index (χ3v) is 4.54. The smallest absolute Gasteiger partial charge is 0.379 e. The van der Waals surface area contributed by atoms with Gasteiger partial charge in [0, 0.05) is 32.2 Å². The van der Waals surface area contributed by atoms with Crippen molar-refractivity contribution in [2.75, 3.05) is 31.6 Å². The first-order valence-corrected chi connectivity index (χ1v) is 8.80. The summed E-state index contributed by atoms with van der Waals surface area (Å²) in [7, 11) is 0. The number of nitro benzene ring substituents is 1. The molecule has 0 aliphatic carbocycles. The van der Waals surface area contributed by atoms with Crippen LogP contribution in [0.4, 0.5) is 24.5 Å². The second kappa shape index (κ2) is 8.57. The van der Waals surface area contributed by atoms with Crippen molar-refractivity contribution in [1.82, 2.24) is 4.90 Å². The molecular weight excluding hydrogens is 375 g/mol. The summed E-state index contributed by atoms with van der Waals surface area (Å²) in [6.45, 7) is 4.33. The fourth-order valence-corrected chi connectivity index (χ4v) is 2.99. The van der Waals surface area contributed by atoms with Gasteiger partial charge in [-0.3, -0.25) is 15.0 Å². The van der Waals surface area contributed by atoms with Crippen LogP contribution in [0.15, 0.2) is 42.5 Å². The Balaban J connectivity index is 1.64. The first-order valence-electron chi connectivity index (χ1n) is 8.80. The predicted octanol–water partition coefficient (Wildman–Crippen LogP) is 4.06. The molecule has 0 atom stereocenters. The van der Waals surface area contributed by atoms with E-state index in [1.807, 2.05) is 24.3 Å². The van der Waals surface area contributed by atoms with Crippen LogP contribution in [0.25, 0.3) is 0 Å². The van der Waals surface area contributed by atoms with Gasteiger partial charge in [0.05, 0.1) is 23.7 Å². The van der Waals surface area contributed by atoms with Gasteiger partial charge in [0.25, 0.3) is 5.69 Å². The number of nitrogens with zero attached hydrogens (tertiary/aromatic N) is 2. The molecule has 6 nitrogen and oxygen atoms in total. The highest BCUT2D eigenvalue weighted by atomic mass is 19.4. The van der Waals surface area contributed by atoms with E-state index in [4.69, 9.17) is 4.74 Å². The summed E-state index contributed by atoms with van der Waals surface area (Å²) < 4.78 is 43.6. The van der Waals surface area contributed by atoms with E-state index in [9.17, 15) is 23.3 Å². The molecule has 2 aromatic rings. The lowest BCUT2D eigenvalue weighted by molar-refractivity contribution is -0.384. The second-order valence-corrected chi connectivity index (χ2v) is 6.55. The van der Waals surface area contributed by atoms with Crippen molar-refractivity contribution >= 4 is 11.4 Å². The zero-order chi connectivity index (χ0) is 20.1. The molecule has 0 unspecified atom stereocenters. The van der Waals surface area contributed by atoms with Crippen LogP contribution < -0.4 is 5.32 Å². The summed E-state index contributed by atoms with van der Waals surface area (Å²) in [4.78, 5) is 12.6. The lowest BCUT2D eigenvalue weighted by Crippen LogP contribution is -2.35. The van der Waals surface area contributed by atoms with Gasteiger partial charge in [-0.05, 0) is 23.3 Å². The Morgan fingerprint density at radius 2 is 1.71 bits per heavy atom. The maximum absolute atomic E-state index is 12.8. The van der Waals surface area contributed by atoms with E-state index in [2.05, 4.69) is 10.2 Å². The van der Waals surface area contributed by atoms with Gasteiger partial charge in [0.2, 0.25) is 0 Å². The highest BCUT2D eigenvalue weighted by Gasteiger charge is 2.33. The van der Waals surface area contributed by atoms with Gasteiger partial charge in [-0.1, -0.05) is 24.3 Å². The molecule has 2 aromatic carbocycles. The largest absolute Gasteiger partial charge is 0.416 e. The SMILES string of the molecule is O=[N+]([O-])c1cc(C(F)(F)F)ccc1NCc1ccc(CN2CCOCC2)cc1. The Labute approximate surface area is 160 Å². The van der Waals surface area contributed by atoms with Crippen molar-refractivity contribution in [2.45, 2.75) is 19.3 Å². The predicted molar refractivity (Wildman–Crippen MR) is 98.0 cm³/mol. The molecule has 1 fully saturated rings. The lowest BCUT2D eigenvalue weighted by atomic mass is 10.1. The average molecular weight is 395 g/mol. The van der Waals surface area contributed by atoms with Gasteiger partial charge in [0.1, 0.15) is 5.69 Å². The van der Waals surface area contributed by atoms with Crippen LogP contribution in [0.1, 0.15) is 16.7 Å². The summed E-state index contributed by atoms with van der Waals surface area (Å²) in [5.41, 5.74) is 0.428. The molecule has 28 heavy (non-hydrogen) atoms. The first-order chi connectivity index (χ1) is 13.3. The number of hydrogen-bond acceptors (Lipinski definition) is 5. The third kappa shape index (κ3) is 5.20. The topological polar surface area (TPSA) is 67.6 Å². The molecule has 0 spiro atoms. The average Bonchev–Trinajstić information content (AvgIpc) is 2.67. The molecule has 0 bridgehead atoms. The normalized spacial score (nSPS) is 15.4. The van der Waals surface area contributed by atoms with E-state index in [1.165, 1.54) is 0 Å². The number of morpholine rings is 1. The van der Waals surface area contributed by atoms with Crippen LogP contribution in [0.3, 0.4) is 0 Å². The molecule has 1 aliphatic rings. The fourth-order valence-electron chi connectivity index (χ4n) is 2.99. The van der Waals surface area contributed by atoms with Gasteiger partial charge in [-0.2, -0.15) is 13.2 Å². The molecule has 1 heterocycles. The zero-order valence-electron chi connectivity index (χ0n) is 15.0. The summed E-state index contributed by atoms with van der Waals surface area (Å²) >= 11 is 0. The Hall–Kier alpha value is -2.65. The monoisotopic (exact) mass is 395 g/mol. The molecule has 150 valence electrons. The molecule has 1 N–H and O–H groups in total. The van der Waals surface area contributed by atoms with Crippen molar-refractivity contribution in [1.29, 1.82) is 0 Å². The summed E-state index contributed by atoms with van der Waals surface area (Å²) in [6.07, 6.45) is -4.63. The van der Waals surface area contributed by atoms with Crippen LogP contribution in [-0.4, -0.2) is 36.1 Å². The Kier molecular flexibility index (Phi) is 6.15. The van der Waals surface area contributed by atoms with Crippen molar-refractivity contribution in [3.05, 3.63) is 69.3 Å². The van der Waals surface area contributed by atoms with Crippen molar-refractivity contribution < 1.29 is 22.8 Å². The quantitative estimate of drug-likeness (QED) is 0.590. The maximum atomic E-state index is 12.8. The van der Waals surface area contributed by atoms with Crippen molar-refractivity contribution in [2.24, 2.45) is 0 Å². The standard InChI is InChI=1S/C19H20F3N3O3/c20-19(21,22)16-5-6-17(18(11-16)25(26)27)23-12-14-1-3-15(4-2-14)13-24-7-9-28-10-8-24/h1-6,11,23H,7-10,12-13H2. The third-order valence-electron chi connectivity index (χ3n) is 4.54. The number of alkyl halides is 3. The number of halogens is 3. The second-order valence-electron chi connectivity index (χ2n) is 6.55. The minimum absolute atomic E-state index is 0.0513. The van der Waals surface area contributed by atoms with E-state index < -0.39 is 22.4 Å². The minimum Gasteiger partial charge on any atom is -0.379 e. The van der Waals surface area contributed by atoms with E-state index in [0.717, 1.165) is 56.1 Å². The van der Waals surface area contributed by atoms with E-state index in [-0.39, 0.29) is 12.2 Å². The van der Waals surface area contributed by atoms with Crippen molar-refractivity contribution in [3.8, 4) is 0 Å². The first kappa shape index (κ1) is 20.1. The molecule has 3 rings (SSSR count). The number of anilines is 1. The molecule has 1 aliphatic heterocycles. The number of ether oxygens (including phenoxy) is 1. The van der Waals surface area contributed by atoms with E-state index in [0.29, 0.717) is 6.07 Å². The van der Waals surface area contributed by atoms with Gasteiger partial charge in [-0.25, -0.2) is 0 Å². The van der Waals surface area contributed by atoms with Crippen LogP contribution in [0, 0.1) is 10.1 Å². The molecule has 0 amide bonds. The lowest BCUT2D eigenvalue weighted by Gasteiger charge is -2.26. The molecule has 9 heteroatoms. The summed E-state index contributed by atoms with van der Waals surface area (Å²) in [5.74, 6) is 0. The van der Waals surface area contributed by atoms with Crippen LogP contribution >= 0.6 is 0 Å². The highest BCUT2D eigenvalue weighted by molar-refractivity contribution is 5.63. The van der Waals surface area contributed by atoms with Crippen LogP contribution in [0.2, 0.25) is 0 Å². The summed E-state index contributed by atoms with van der Waals surface area (Å²) in [5, 5.41) is 14.0. The van der Waals surface area contributed by atoms with Crippen LogP contribution in [-0.2, 0) is 24.0 Å². The molecule has 1 saturated heterocycles. The van der Waals surface area contributed by atoms with Crippen LogP contribution in [0.5, 0.6) is 0 Å². The maximum Gasteiger partial charge on any atom is 0.416 e. The Bertz CT molecular complexity index is 819. The minimum atomic E-state index is -4.63.